The highest BCUT2D eigenvalue weighted by Crippen LogP contribution is 2.37. The van der Waals surface area contributed by atoms with E-state index in [1.165, 1.54) is 12.1 Å². The number of amides is 3. The maximum absolute atomic E-state index is 14.4. The minimum absolute atomic E-state index is 0.101. The number of para-hydroxylation sites is 1. The van der Waals surface area contributed by atoms with Crippen molar-refractivity contribution in [1.82, 2.24) is 10.2 Å². The average Bonchev–Trinajstić information content (AvgIpc) is 3.73. The highest BCUT2D eigenvalue weighted by molar-refractivity contribution is 5.99. The number of benzene rings is 3. The van der Waals surface area contributed by atoms with Crippen LogP contribution >= 0.6 is 0 Å². The molecule has 0 aliphatic heterocycles. The number of hydrogen-bond acceptors (Lipinski definition) is 5. The van der Waals surface area contributed by atoms with Gasteiger partial charge in [0.2, 0.25) is 5.91 Å². The first-order valence-corrected chi connectivity index (χ1v) is 13.9. The lowest BCUT2D eigenvalue weighted by molar-refractivity contribution is -0.141. The molecule has 2 atom stereocenters. The average molecular weight is 558 g/mol. The molecule has 3 aromatic carbocycles. The largest absolute Gasteiger partial charge is 0.508 e. The lowest BCUT2D eigenvalue weighted by Crippen LogP contribution is -2.54. The van der Waals surface area contributed by atoms with E-state index in [4.69, 9.17) is 4.74 Å². The highest BCUT2D eigenvalue weighted by Gasteiger charge is 2.44. The van der Waals surface area contributed by atoms with Gasteiger partial charge in [0.05, 0.1) is 0 Å². The second kappa shape index (κ2) is 12.5. The fourth-order valence-corrected chi connectivity index (χ4v) is 4.76. The summed E-state index contributed by atoms with van der Waals surface area (Å²) in [7, 11) is 0. The molecule has 41 heavy (non-hydrogen) atoms. The first kappa shape index (κ1) is 29.6. The Hall–Kier alpha value is -4.33. The fraction of sp³-hybridized carbons (Fsp3) is 0.364. The zero-order valence-corrected chi connectivity index (χ0v) is 24.3. The SMILES string of the molecule is Cc1cccc(C(C(=O)Nc2ccccc2C)N(C(=O)C(Cc2ccc(O)cc2)NC(=O)OC(C)(C)C)C2CC2)c1. The summed E-state index contributed by atoms with van der Waals surface area (Å²) in [5.41, 5.74) is 3.22. The van der Waals surface area contributed by atoms with E-state index in [2.05, 4.69) is 10.6 Å². The molecule has 2 unspecified atom stereocenters. The normalized spacial score (nSPS) is 14.5. The maximum Gasteiger partial charge on any atom is 0.408 e. The van der Waals surface area contributed by atoms with Gasteiger partial charge in [0.15, 0.2) is 0 Å². The third kappa shape index (κ3) is 8.10. The molecule has 216 valence electrons. The number of anilines is 1. The molecule has 1 aliphatic carbocycles. The minimum Gasteiger partial charge on any atom is -0.508 e. The van der Waals surface area contributed by atoms with Crippen LogP contribution in [-0.4, -0.2) is 45.6 Å². The number of nitrogens with one attached hydrogen (secondary N) is 2. The molecule has 0 aromatic heterocycles. The second-order valence-corrected chi connectivity index (χ2v) is 11.7. The van der Waals surface area contributed by atoms with Crippen LogP contribution in [0.1, 0.15) is 61.9 Å². The number of carbonyl (C=O) groups is 3. The second-order valence-electron chi connectivity index (χ2n) is 11.7. The molecule has 0 spiro atoms. The van der Waals surface area contributed by atoms with E-state index in [-0.39, 0.29) is 30.0 Å². The summed E-state index contributed by atoms with van der Waals surface area (Å²) in [6.45, 7) is 9.12. The number of phenolic OH excluding ortho intramolecular Hbond substituents is 1. The lowest BCUT2D eigenvalue weighted by Gasteiger charge is -2.35. The monoisotopic (exact) mass is 557 g/mol. The van der Waals surface area contributed by atoms with Crippen LogP contribution in [-0.2, 0) is 20.7 Å². The lowest BCUT2D eigenvalue weighted by atomic mass is 9.98. The van der Waals surface area contributed by atoms with Crippen LogP contribution in [0.4, 0.5) is 10.5 Å². The Morgan fingerprint density at radius 1 is 0.976 bits per heavy atom. The Morgan fingerprint density at radius 2 is 1.66 bits per heavy atom. The Balaban J connectivity index is 1.72. The van der Waals surface area contributed by atoms with E-state index in [1.807, 2.05) is 62.4 Å². The van der Waals surface area contributed by atoms with Crippen LogP contribution in [0.2, 0.25) is 0 Å². The predicted octanol–water partition coefficient (Wildman–Crippen LogP) is 5.82. The molecule has 3 amide bonds. The molecule has 1 aliphatic rings. The van der Waals surface area contributed by atoms with Crippen LogP contribution in [0.3, 0.4) is 0 Å². The van der Waals surface area contributed by atoms with E-state index in [0.717, 1.165) is 29.5 Å². The number of ether oxygens (including phenoxy) is 1. The van der Waals surface area contributed by atoms with E-state index >= 15 is 0 Å². The Bertz CT molecular complexity index is 1390. The number of phenols is 1. The van der Waals surface area contributed by atoms with Gasteiger partial charge in [-0.15, -0.1) is 0 Å². The van der Waals surface area contributed by atoms with Crippen molar-refractivity contribution in [3.63, 3.8) is 0 Å². The summed E-state index contributed by atoms with van der Waals surface area (Å²) < 4.78 is 5.49. The van der Waals surface area contributed by atoms with Gasteiger partial charge in [-0.3, -0.25) is 9.59 Å². The summed E-state index contributed by atoms with van der Waals surface area (Å²) in [6, 6.07) is 19.5. The van der Waals surface area contributed by atoms with Gasteiger partial charge in [-0.1, -0.05) is 60.2 Å². The van der Waals surface area contributed by atoms with Crippen LogP contribution in [0, 0.1) is 13.8 Å². The highest BCUT2D eigenvalue weighted by atomic mass is 16.6. The molecule has 1 fully saturated rings. The topological polar surface area (TPSA) is 108 Å². The first-order valence-electron chi connectivity index (χ1n) is 13.9. The maximum atomic E-state index is 14.4. The van der Waals surface area contributed by atoms with E-state index < -0.39 is 23.8 Å². The predicted molar refractivity (Wildman–Crippen MR) is 159 cm³/mol. The number of aromatic hydroxyl groups is 1. The molecule has 0 heterocycles. The van der Waals surface area contributed by atoms with E-state index in [9.17, 15) is 19.5 Å². The van der Waals surface area contributed by atoms with Crippen LogP contribution in [0.15, 0.2) is 72.8 Å². The van der Waals surface area contributed by atoms with Gasteiger partial charge >= 0.3 is 6.09 Å². The summed E-state index contributed by atoms with van der Waals surface area (Å²) >= 11 is 0. The van der Waals surface area contributed by atoms with Gasteiger partial charge < -0.3 is 25.4 Å². The van der Waals surface area contributed by atoms with Crippen LogP contribution < -0.4 is 10.6 Å². The van der Waals surface area contributed by atoms with Crippen molar-refractivity contribution in [2.24, 2.45) is 0 Å². The third-order valence-electron chi connectivity index (χ3n) is 6.85. The zero-order valence-electron chi connectivity index (χ0n) is 24.3. The van der Waals surface area contributed by atoms with Crippen molar-refractivity contribution < 1.29 is 24.2 Å². The quantitative estimate of drug-likeness (QED) is 0.308. The summed E-state index contributed by atoms with van der Waals surface area (Å²) in [4.78, 5) is 43.0. The van der Waals surface area contributed by atoms with Crippen molar-refractivity contribution >= 4 is 23.6 Å². The number of nitrogens with zero attached hydrogens (tertiary/aromatic N) is 1. The Labute approximate surface area is 241 Å². The van der Waals surface area contributed by atoms with Crippen molar-refractivity contribution in [3.05, 3.63) is 95.1 Å². The minimum atomic E-state index is -1.01. The Kier molecular flexibility index (Phi) is 9.01. The number of hydrogen-bond donors (Lipinski definition) is 3. The van der Waals surface area contributed by atoms with Crippen molar-refractivity contribution in [2.75, 3.05) is 5.32 Å². The van der Waals surface area contributed by atoms with E-state index in [1.54, 1.807) is 37.8 Å². The molecular weight excluding hydrogens is 518 g/mol. The number of aryl methyl sites for hydroxylation is 2. The van der Waals surface area contributed by atoms with Crippen molar-refractivity contribution in [3.8, 4) is 5.75 Å². The number of rotatable bonds is 9. The first-order chi connectivity index (χ1) is 19.4. The summed E-state index contributed by atoms with van der Waals surface area (Å²) in [5, 5.41) is 15.6. The molecular formula is C33H39N3O5. The van der Waals surface area contributed by atoms with Gasteiger partial charge in [-0.05, 0) is 82.3 Å². The van der Waals surface area contributed by atoms with Crippen LogP contribution in [0.5, 0.6) is 5.75 Å². The fourth-order valence-electron chi connectivity index (χ4n) is 4.76. The molecule has 0 radical (unpaired) electrons. The zero-order chi connectivity index (χ0) is 29.7. The molecule has 0 saturated heterocycles. The molecule has 0 bridgehead atoms. The standard InChI is InChI=1S/C33H39N3O5/c1-21-9-8-11-24(19-21)29(30(38)34-27-12-7-6-10-22(27)2)36(25-15-16-25)31(39)28(35-32(40)41-33(3,4)5)20-23-13-17-26(37)18-14-23/h6-14,17-19,25,28-29,37H,15-16,20H2,1-5H3,(H,34,38)(H,35,40). The van der Waals surface area contributed by atoms with Crippen molar-refractivity contribution in [1.29, 1.82) is 0 Å². The third-order valence-corrected chi connectivity index (χ3v) is 6.85. The van der Waals surface area contributed by atoms with Gasteiger partial charge in [0, 0.05) is 18.2 Å². The molecule has 3 N–H and O–H groups in total. The molecule has 8 nitrogen and oxygen atoms in total. The summed E-state index contributed by atoms with van der Waals surface area (Å²) in [6.07, 6.45) is 0.942. The van der Waals surface area contributed by atoms with Crippen LogP contribution in [0.25, 0.3) is 0 Å². The summed E-state index contributed by atoms with van der Waals surface area (Å²) in [5.74, 6) is -0.604. The smallest absolute Gasteiger partial charge is 0.408 e. The van der Waals surface area contributed by atoms with Gasteiger partial charge in [0.1, 0.15) is 23.4 Å². The van der Waals surface area contributed by atoms with E-state index in [0.29, 0.717) is 11.3 Å². The number of carbonyl (C=O) groups excluding carboxylic acids is 3. The van der Waals surface area contributed by atoms with Gasteiger partial charge in [-0.2, -0.15) is 0 Å². The Morgan fingerprint density at radius 3 is 2.27 bits per heavy atom. The molecule has 8 heteroatoms. The molecule has 4 rings (SSSR count). The van der Waals surface area contributed by atoms with Gasteiger partial charge in [-0.25, -0.2) is 4.79 Å². The number of alkyl carbamates (subject to hydrolysis) is 1. The van der Waals surface area contributed by atoms with Crippen molar-refractivity contribution in [2.45, 2.75) is 77.6 Å². The molecule has 3 aromatic rings. The molecule has 1 saturated carbocycles. The van der Waals surface area contributed by atoms with Gasteiger partial charge in [0.25, 0.3) is 5.91 Å².